The van der Waals surface area contributed by atoms with E-state index in [1.54, 1.807) is 0 Å². The first kappa shape index (κ1) is 17.3. The van der Waals surface area contributed by atoms with Crippen molar-refractivity contribution < 1.29 is 14.3 Å². The van der Waals surface area contributed by atoms with Gasteiger partial charge in [-0.15, -0.1) is 0 Å². The number of ether oxygens (including phenoxy) is 1. The molecule has 4 atom stereocenters. The summed E-state index contributed by atoms with van der Waals surface area (Å²) in [4.78, 5) is 27.3. The minimum atomic E-state index is -0.370. The van der Waals surface area contributed by atoms with E-state index in [1.165, 1.54) is 24.8 Å². The summed E-state index contributed by atoms with van der Waals surface area (Å²) in [5.41, 5.74) is 1.15. The second-order valence-corrected chi connectivity index (χ2v) is 9.55. The van der Waals surface area contributed by atoms with Crippen LogP contribution in [0.15, 0.2) is 30.3 Å². The Balaban J connectivity index is 1.34. The smallest absolute Gasteiger partial charge is 0.312 e. The van der Waals surface area contributed by atoms with Crippen LogP contribution in [0.2, 0.25) is 0 Å². The predicted octanol–water partition coefficient (Wildman–Crippen LogP) is 3.69. The monoisotopic (exact) mass is 367 g/mol. The molecule has 1 aliphatic heterocycles. The third kappa shape index (κ3) is 2.88. The summed E-state index contributed by atoms with van der Waals surface area (Å²) < 4.78 is 5.65. The Hall–Kier alpha value is -1.84. The highest BCUT2D eigenvalue weighted by Gasteiger charge is 2.61. The predicted molar refractivity (Wildman–Crippen MR) is 102 cm³/mol. The Bertz CT molecular complexity index is 723. The van der Waals surface area contributed by atoms with Gasteiger partial charge in [0, 0.05) is 13.1 Å². The molecule has 4 nitrogen and oxygen atoms in total. The molecule has 0 radical (unpaired) electrons. The third-order valence-corrected chi connectivity index (χ3v) is 7.67. The molecule has 2 unspecified atom stereocenters. The number of rotatable bonds is 4. The quantitative estimate of drug-likeness (QED) is 0.763. The number of carbonyl (C=O) groups is 2. The number of esters is 1. The zero-order chi connectivity index (χ0) is 18.5. The summed E-state index contributed by atoms with van der Waals surface area (Å²) in [5.74, 6) is 1.11. The molecule has 1 aromatic rings. The van der Waals surface area contributed by atoms with E-state index in [0.29, 0.717) is 11.8 Å². The molecule has 1 heterocycles. The van der Waals surface area contributed by atoms with Crippen LogP contribution >= 0.6 is 0 Å². The minimum absolute atomic E-state index is 0.0247. The van der Waals surface area contributed by atoms with Crippen LogP contribution in [0.5, 0.6) is 0 Å². The molecule has 4 heteroatoms. The fourth-order valence-corrected chi connectivity index (χ4v) is 6.97. The van der Waals surface area contributed by atoms with Crippen LogP contribution in [0.1, 0.15) is 56.9 Å². The molecule has 4 aliphatic carbocycles. The second kappa shape index (κ2) is 6.35. The van der Waals surface area contributed by atoms with Crippen molar-refractivity contribution in [3.8, 4) is 0 Å². The topological polar surface area (TPSA) is 46.6 Å². The van der Waals surface area contributed by atoms with Gasteiger partial charge >= 0.3 is 5.97 Å². The first-order chi connectivity index (χ1) is 13.1. The van der Waals surface area contributed by atoms with Crippen LogP contribution in [-0.4, -0.2) is 36.5 Å². The molecule has 1 amide bonds. The van der Waals surface area contributed by atoms with E-state index in [-0.39, 0.29) is 29.3 Å². The molecule has 1 aromatic carbocycles. The molecular weight excluding hydrogens is 338 g/mol. The maximum Gasteiger partial charge on any atom is 0.312 e. The van der Waals surface area contributed by atoms with Crippen molar-refractivity contribution in [2.24, 2.45) is 17.3 Å². The fraction of sp³-hybridized carbons (Fsp3) is 0.652. The van der Waals surface area contributed by atoms with Gasteiger partial charge in [0.2, 0.25) is 0 Å². The Labute approximate surface area is 161 Å². The Morgan fingerprint density at radius 3 is 2.33 bits per heavy atom. The molecule has 0 spiro atoms. The first-order valence-corrected chi connectivity index (χ1v) is 10.6. The molecule has 4 bridgehead atoms. The molecule has 1 saturated heterocycles. The molecule has 5 fully saturated rings. The maximum absolute atomic E-state index is 13.2. The van der Waals surface area contributed by atoms with Crippen molar-refractivity contribution >= 4 is 11.9 Å². The number of likely N-dealkylation sites (tertiary alicyclic amines) is 1. The fourth-order valence-electron chi connectivity index (χ4n) is 6.97. The summed E-state index contributed by atoms with van der Waals surface area (Å²) in [6, 6.07) is 10.8. The SMILES string of the molecule is O=C(COC(=O)C12C[C@H]3C[C@@H](C1)CC(c1ccccc1)(C3)C2)N1CCCC1. The first-order valence-electron chi connectivity index (χ1n) is 10.6. The molecule has 0 aromatic heterocycles. The van der Waals surface area contributed by atoms with Crippen LogP contribution in [-0.2, 0) is 19.7 Å². The summed E-state index contributed by atoms with van der Waals surface area (Å²) in [6.07, 6.45) is 8.59. The van der Waals surface area contributed by atoms with Crippen molar-refractivity contribution in [2.75, 3.05) is 19.7 Å². The lowest BCUT2D eigenvalue weighted by Crippen LogP contribution is -2.57. The molecule has 144 valence electrons. The summed E-state index contributed by atoms with van der Waals surface area (Å²) >= 11 is 0. The van der Waals surface area contributed by atoms with Crippen LogP contribution in [0, 0.1) is 17.3 Å². The average Bonchev–Trinajstić information content (AvgIpc) is 3.20. The van der Waals surface area contributed by atoms with Gasteiger partial charge in [0.15, 0.2) is 6.61 Å². The van der Waals surface area contributed by atoms with Crippen LogP contribution in [0.3, 0.4) is 0 Å². The maximum atomic E-state index is 13.2. The van der Waals surface area contributed by atoms with Gasteiger partial charge in [0.25, 0.3) is 5.91 Å². The lowest BCUT2D eigenvalue weighted by Gasteiger charge is -2.61. The molecular formula is C23H29NO3. The number of hydrogen-bond donors (Lipinski definition) is 0. The zero-order valence-corrected chi connectivity index (χ0v) is 16.0. The van der Waals surface area contributed by atoms with E-state index in [4.69, 9.17) is 4.74 Å². The number of nitrogens with zero attached hydrogens (tertiary/aromatic N) is 1. The minimum Gasteiger partial charge on any atom is -0.455 e. The molecule has 5 aliphatic rings. The van der Waals surface area contributed by atoms with E-state index in [0.717, 1.165) is 45.2 Å². The lowest BCUT2D eigenvalue weighted by atomic mass is 9.43. The summed E-state index contributed by atoms with van der Waals surface area (Å²) in [6.45, 7) is 1.54. The van der Waals surface area contributed by atoms with Gasteiger partial charge in [-0.1, -0.05) is 30.3 Å². The van der Waals surface area contributed by atoms with E-state index in [2.05, 4.69) is 30.3 Å². The molecule has 4 saturated carbocycles. The number of amides is 1. The van der Waals surface area contributed by atoms with Crippen molar-refractivity contribution in [2.45, 2.75) is 56.8 Å². The van der Waals surface area contributed by atoms with Gasteiger partial charge in [-0.05, 0) is 74.2 Å². The van der Waals surface area contributed by atoms with Crippen molar-refractivity contribution in [1.29, 1.82) is 0 Å². The van der Waals surface area contributed by atoms with Gasteiger partial charge in [0.05, 0.1) is 5.41 Å². The van der Waals surface area contributed by atoms with E-state index < -0.39 is 0 Å². The van der Waals surface area contributed by atoms with E-state index >= 15 is 0 Å². The highest BCUT2D eigenvalue weighted by atomic mass is 16.5. The highest BCUT2D eigenvalue weighted by molar-refractivity contribution is 5.83. The van der Waals surface area contributed by atoms with Gasteiger partial charge in [-0.25, -0.2) is 0 Å². The number of hydrogen-bond acceptors (Lipinski definition) is 3. The van der Waals surface area contributed by atoms with E-state index in [1.807, 2.05) is 4.90 Å². The summed E-state index contributed by atoms with van der Waals surface area (Å²) in [7, 11) is 0. The van der Waals surface area contributed by atoms with Crippen molar-refractivity contribution in [3.05, 3.63) is 35.9 Å². The Morgan fingerprint density at radius 1 is 1.00 bits per heavy atom. The van der Waals surface area contributed by atoms with Gasteiger partial charge in [0.1, 0.15) is 0 Å². The largest absolute Gasteiger partial charge is 0.455 e. The Kier molecular flexibility index (Phi) is 4.06. The van der Waals surface area contributed by atoms with Crippen molar-refractivity contribution in [1.82, 2.24) is 4.90 Å². The number of carbonyl (C=O) groups excluding carboxylic acids is 2. The van der Waals surface area contributed by atoms with Crippen molar-refractivity contribution in [3.63, 3.8) is 0 Å². The van der Waals surface area contributed by atoms with Crippen LogP contribution in [0.25, 0.3) is 0 Å². The van der Waals surface area contributed by atoms with Gasteiger partial charge in [-0.3, -0.25) is 9.59 Å². The highest BCUT2D eigenvalue weighted by Crippen LogP contribution is 2.66. The van der Waals surface area contributed by atoms with Gasteiger partial charge < -0.3 is 9.64 Å². The molecule has 27 heavy (non-hydrogen) atoms. The lowest BCUT2D eigenvalue weighted by molar-refractivity contribution is -0.176. The molecule has 6 rings (SSSR count). The van der Waals surface area contributed by atoms with E-state index in [9.17, 15) is 9.59 Å². The molecule has 0 N–H and O–H groups in total. The van der Waals surface area contributed by atoms with Crippen LogP contribution < -0.4 is 0 Å². The third-order valence-electron chi connectivity index (χ3n) is 7.67. The van der Waals surface area contributed by atoms with Gasteiger partial charge in [-0.2, -0.15) is 0 Å². The number of benzene rings is 1. The van der Waals surface area contributed by atoms with Crippen LogP contribution in [0.4, 0.5) is 0 Å². The standard InChI is InChI=1S/C23H29NO3/c25-20(24-8-4-5-9-24)15-27-21(26)23-13-17-10-18(14-23)12-22(11-17,16-23)19-6-2-1-3-7-19/h1-3,6-7,17-18H,4-5,8-16H2/t17-,18+,22?,23?. The second-order valence-electron chi connectivity index (χ2n) is 9.55. The summed E-state index contributed by atoms with van der Waals surface area (Å²) in [5, 5.41) is 0. The normalized spacial score (nSPS) is 36.8. The zero-order valence-electron chi connectivity index (χ0n) is 16.0. The Morgan fingerprint density at radius 2 is 1.67 bits per heavy atom. The average molecular weight is 367 g/mol.